The third-order valence-corrected chi connectivity index (χ3v) is 2.28. The molecule has 0 aliphatic carbocycles. The summed E-state index contributed by atoms with van der Waals surface area (Å²) >= 11 is 0. The fourth-order valence-corrected chi connectivity index (χ4v) is 1.24. The molecule has 88 valence electrons. The van der Waals surface area contributed by atoms with Gasteiger partial charge < -0.3 is 21.1 Å². The number of phenols is 2. The lowest BCUT2D eigenvalue weighted by Crippen LogP contribution is -2.52. The number of benzene rings is 1. The molecular weight excluding hydrogens is 217 g/mol. The average molecular weight is 229 g/mol. The third kappa shape index (κ3) is 2.22. The van der Waals surface area contributed by atoms with E-state index in [-0.39, 0.29) is 17.1 Å². The highest BCUT2D eigenvalue weighted by Crippen LogP contribution is 2.29. The molecule has 0 spiro atoms. The van der Waals surface area contributed by atoms with Crippen LogP contribution in [0.1, 0.15) is 5.56 Å². The largest absolute Gasteiger partial charge is 0.508 e. The Morgan fingerprint density at radius 3 is 2.25 bits per heavy atom. The Morgan fingerprint density at radius 2 is 1.88 bits per heavy atom. The van der Waals surface area contributed by atoms with Gasteiger partial charge in [-0.3, -0.25) is 4.79 Å². The van der Waals surface area contributed by atoms with E-state index in [2.05, 4.69) is 0 Å². The van der Waals surface area contributed by atoms with E-state index in [1.54, 1.807) is 0 Å². The zero-order valence-corrected chi connectivity index (χ0v) is 8.35. The SMILES string of the molecule is N[C@@](CF)(Cc1c(O)cccc1O)C(=O)O. The first kappa shape index (κ1) is 12.3. The normalized spacial score (nSPS) is 14.4. The van der Waals surface area contributed by atoms with E-state index in [4.69, 9.17) is 10.8 Å². The summed E-state index contributed by atoms with van der Waals surface area (Å²) < 4.78 is 12.6. The lowest BCUT2D eigenvalue weighted by atomic mass is 9.92. The summed E-state index contributed by atoms with van der Waals surface area (Å²) in [5.74, 6) is -2.16. The van der Waals surface area contributed by atoms with E-state index in [0.717, 1.165) is 0 Å². The van der Waals surface area contributed by atoms with Gasteiger partial charge in [0.1, 0.15) is 23.7 Å². The summed E-state index contributed by atoms with van der Waals surface area (Å²) in [5, 5.41) is 27.5. The molecule has 1 rings (SSSR count). The van der Waals surface area contributed by atoms with Crippen molar-refractivity contribution in [2.75, 3.05) is 6.67 Å². The number of carbonyl (C=O) groups is 1. The topological polar surface area (TPSA) is 104 Å². The van der Waals surface area contributed by atoms with Gasteiger partial charge in [-0.05, 0) is 12.1 Å². The van der Waals surface area contributed by atoms with E-state index in [9.17, 15) is 19.4 Å². The van der Waals surface area contributed by atoms with E-state index in [1.807, 2.05) is 0 Å². The Bertz CT molecular complexity index is 390. The zero-order valence-electron chi connectivity index (χ0n) is 8.35. The standard InChI is InChI=1S/C10H12FNO4/c11-5-10(12,9(15)16)4-6-7(13)2-1-3-8(6)14/h1-3,13-14H,4-5,12H2,(H,15,16)/t10-/m1/s1. The summed E-state index contributed by atoms with van der Waals surface area (Å²) in [7, 11) is 0. The highest BCUT2D eigenvalue weighted by Gasteiger charge is 2.36. The predicted octanol–water partition coefficient (Wildman–Crippen LogP) is 0.392. The Hall–Kier alpha value is -1.82. The molecule has 16 heavy (non-hydrogen) atoms. The number of hydrogen-bond acceptors (Lipinski definition) is 4. The maximum Gasteiger partial charge on any atom is 0.326 e. The van der Waals surface area contributed by atoms with Crippen LogP contribution in [0.4, 0.5) is 4.39 Å². The Labute approximate surface area is 90.9 Å². The predicted molar refractivity (Wildman–Crippen MR) is 54.0 cm³/mol. The molecule has 0 bridgehead atoms. The van der Waals surface area contributed by atoms with E-state index < -0.39 is 24.6 Å². The number of aromatic hydroxyl groups is 2. The molecule has 0 heterocycles. The van der Waals surface area contributed by atoms with Crippen molar-refractivity contribution in [3.05, 3.63) is 23.8 Å². The fourth-order valence-electron chi connectivity index (χ4n) is 1.24. The number of phenolic OH excluding ortho intramolecular Hbond substituents is 2. The maximum absolute atomic E-state index is 12.6. The minimum absolute atomic E-state index is 0.0787. The molecule has 0 saturated carbocycles. The molecule has 0 amide bonds. The molecule has 1 aromatic rings. The molecule has 0 aliphatic heterocycles. The van der Waals surface area contributed by atoms with Gasteiger partial charge in [0.15, 0.2) is 0 Å². The van der Waals surface area contributed by atoms with Gasteiger partial charge in [0.2, 0.25) is 0 Å². The van der Waals surface area contributed by atoms with Crippen molar-refractivity contribution in [3.63, 3.8) is 0 Å². The van der Waals surface area contributed by atoms with E-state index >= 15 is 0 Å². The van der Waals surface area contributed by atoms with Crippen LogP contribution in [0.2, 0.25) is 0 Å². The Morgan fingerprint density at radius 1 is 1.38 bits per heavy atom. The van der Waals surface area contributed by atoms with Gasteiger partial charge in [0.05, 0.1) is 0 Å². The summed E-state index contributed by atoms with van der Waals surface area (Å²) in [5.41, 5.74) is 3.09. The van der Waals surface area contributed by atoms with Gasteiger partial charge in [0, 0.05) is 12.0 Å². The second kappa shape index (κ2) is 4.36. The number of carboxylic acid groups (broad SMARTS) is 1. The van der Waals surface area contributed by atoms with Crippen molar-refractivity contribution in [3.8, 4) is 11.5 Å². The van der Waals surface area contributed by atoms with Crippen LogP contribution in [0.3, 0.4) is 0 Å². The van der Waals surface area contributed by atoms with Crippen molar-refractivity contribution in [1.82, 2.24) is 0 Å². The van der Waals surface area contributed by atoms with Crippen LogP contribution in [0, 0.1) is 0 Å². The van der Waals surface area contributed by atoms with Gasteiger partial charge in [-0.2, -0.15) is 0 Å². The quantitative estimate of drug-likeness (QED) is 0.598. The van der Waals surface area contributed by atoms with Gasteiger partial charge in [-0.15, -0.1) is 0 Å². The van der Waals surface area contributed by atoms with Crippen LogP contribution in [0.15, 0.2) is 18.2 Å². The average Bonchev–Trinajstić information content (AvgIpc) is 2.23. The number of alkyl halides is 1. The fraction of sp³-hybridized carbons (Fsp3) is 0.300. The number of halogens is 1. The van der Waals surface area contributed by atoms with E-state index in [0.29, 0.717) is 0 Å². The monoisotopic (exact) mass is 229 g/mol. The number of carboxylic acids is 1. The van der Waals surface area contributed by atoms with Crippen molar-refractivity contribution < 1.29 is 24.5 Å². The highest BCUT2D eigenvalue weighted by atomic mass is 19.1. The Balaban J connectivity index is 3.08. The van der Waals surface area contributed by atoms with Gasteiger partial charge in [-0.1, -0.05) is 6.07 Å². The lowest BCUT2D eigenvalue weighted by Gasteiger charge is -2.21. The number of aliphatic carboxylic acids is 1. The Kier molecular flexibility index (Phi) is 3.34. The first-order valence-corrected chi connectivity index (χ1v) is 4.49. The molecule has 0 fully saturated rings. The first-order chi connectivity index (χ1) is 7.40. The summed E-state index contributed by atoms with van der Waals surface area (Å²) in [4.78, 5) is 10.8. The molecule has 0 radical (unpaired) electrons. The maximum atomic E-state index is 12.6. The van der Waals surface area contributed by atoms with Crippen molar-refractivity contribution in [2.45, 2.75) is 12.0 Å². The van der Waals surface area contributed by atoms with Crippen LogP contribution in [0.5, 0.6) is 11.5 Å². The van der Waals surface area contributed by atoms with Crippen molar-refractivity contribution in [1.29, 1.82) is 0 Å². The molecule has 5 N–H and O–H groups in total. The summed E-state index contributed by atoms with van der Waals surface area (Å²) in [6.07, 6.45) is -0.489. The summed E-state index contributed by atoms with van der Waals surface area (Å²) in [6.45, 7) is -1.30. The van der Waals surface area contributed by atoms with Gasteiger partial charge in [0.25, 0.3) is 0 Å². The molecule has 6 heteroatoms. The second-order valence-electron chi connectivity index (χ2n) is 3.55. The molecule has 1 atom stereocenters. The van der Waals surface area contributed by atoms with E-state index in [1.165, 1.54) is 18.2 Å². The smallest absolute Gasteiger partial charge is 0.326 e. The minimum atomic E-state index is -2.14. The highest BCUT2D eigenvalue weighted by molar-refractivity contribution is 5.79. The van der Waals surface area contributed by atoms with Crippen LogP contribution in [0.25, 0.3) is 0 Å². The van der Waals surface area contributed by atoms with Crippen molar-refractivity contribution in [2.24, 2.45) is 5.73 Å². The van der Waals surface area contributed by atoms with Crippen LogP contribution in [-0.2, 0) is 11.2 Å². The molecule has 0 aromatic heterocycles. The van der Waals surface area contributed by atoms with Crippen LogP contribution in [-0.4, -0.2) is 33.5 Å². The number of nitrogens with two attached hydrogens (primary N) is 1. The molecule has 0 saturated heterocycles. The van der Waals surface area contributed by atoms with Gasteiger partial charge in [-0.25, -0.2) is 4.39 Å². The van der Waals surface area contributed by atoms with Gasteiger partial charge >= 0.3 is 5.97 Å². The molecule has 5 nitrogen and oxygen atoms in total. The third-order valence-electron chi connectivity index (χ3n) is 2.28. The lowest BCUT2D eigenvalue weighted by molar-refractivity contribution is -0.143. The summed E-state index contributed by atoms with van der Waals surface area (Å²) in [6, 6.07) is 3.90. The molecule has 0 unspecified atom stereocenters. The van der Waals surface area contributed by atoms with Crippen LogP contribution >= 0.6 is 0 Å². The van der Waals surface area contributed by atoms with Crippen LogP contribution < -0.4 is 5.73 Å². The molecule has 1 aromatic carbocycles. The zero-order chi connectivity index (χ0) is 12.3. The number of hydrogen-bond donors (Lipinski definition) is 4. The second-order valence-corrected chi connectivity index (χ2v) is 3.55. The molecular formula is C10H12FNO4. The first-order valence-electron chi connectivity index (χ1n) is 4.49. The van der Waals surface area contributed by atoms with Crippen molar-refractivity contribution >= 4 is 5.97 Å². The number of rotatable bonds is 4. The minimum Gasteiger partial charge on any atom is -0.508 e. The molecule has 0 aliphatic rings.